The summed E-state index contributed by atoms with van der Waals surface area (Å²) in [4.78, 5) is 16.6. The number of methoxy groups -OCH3 is 1. The molecule has 1 aliphatic rings. The molecule has 0 bridgehead atoms. The van der Waals surface area contributed by atoms with E-state index in [0.717, 1.165) is 24.3 Å². The van der Waals surface area contributed by atoms with E-state index in [4.69, 9.17) is 27.9 Å². The minimum Gasteiger partial charge on any atom is -0.495 e. The number of halogens is 2. The van der Waals surface area contributed by atoms with Crippen LogP contribution in [0.3, 0.4) is 0 Å². The van der Waals surface area contributed by atoms with Crippen molar-refractivity contribution in [3.05, 3.63) is 58.1 Å². The van der Waals surface area contributed by atoms with Gasteiger partial charge in [-0.2, -0.15) is 0 Å². The summed E-state index contributed by atoms with van der Waals surface area (Å²) in [5, 5.41) is 1.28. The van der Waals surface area contributed by atoms with Gasteiger partial charge in [-0.05, 0) is 35.9 Å². The van der Waals surface area contributed by atoms with Gasteiger partial charge in [0.25, 0.3) is 0 Å². The number of hydrogen-bond acceptors (Lipinski definition) is 3. The Balaban J connectivity index is 1.57. The number of benzene rings is 2. The number of anilines is 1. The van der Waals surface area contributed by atoms with Crippen molar-refractivity contribution in [1.82, 2.24) is 4.90 Å². The van der Waals surface area contributed by atoms with E-state index in [1.54, 1.807) is 7.11 Å². The van der Waals surface area contributed by atoms with Crippen LogP contribution in [0, 0.1) is 0 Å². The maximum atomic E-state index is 12.5. The molecule has 1 amide bonds. The number of carbonyl (C=O) groups excluding carboxylic acids is 1. The number of piperazine rings is 1. The van der Waals surface area contributed by atoms with Crippen molar-refractivity contribution in [1.29, 1.82) is 0 Å². The average molecular weight is 379 g/mol. The lowest BCUT2D eigenvalue weighted by Gasteiger charge is -2.36. The SMILES string of the molecule is COc1ccc(N2CCN(C(=O)Cc3ccc(Cl)cc3)CC2)cc1Cl. The lowest BCUT2D eigenvalue weighted by molar-refractivity contribution is -0.130. The van der Waals surface area contributed by atoms with Crippen molar-refractivity contribution in [2.24, 2.45) is 0 Å². The Kier molecular flexibility index (Phi) is 5.71. The molecular weight excluding hydrogens is 359 g/mol. The van der Waals surface area contributed by atoms with Gasteiger partial charge >= 0.3 is 0 Å². The van der Waals surface area contributed by atoms with Gasteiger partial charge in [0.2, 0.25) is 5.91 Å². The molecule has 3 rings (SSSR count). The molecule has 0 aliphatic carbocycles. The van der Waals surface area contributed by atoms with E-state index in [-0.39, 0.29) is 5.91 Å². The second-order valence-electron chi connectivity index (χ2n) is 5.99. The molecule has 0 N–H and O–H groups in total. The monoisotopic (exact) mass is 378 g/mol. The van der Waals surface area contributed by atoms with Crippen LogP contribution in [0.5, 0.6) is 5.75 Å². The maximum absolute atomic E-state index is 12.5. The summed E-state index contributed by atoms with van der Waals surface area (Å²) in [6, 6.07) is 13.2. The molecule has 1 saturated heterocycles. The van der Waals surface area contributed by atoms with Gasteiger partial charge in [-0.25, -0.2) is 0 Å². The fourth-order valence-electron chi connectivity index (χ4n) is 2.95. The molecule has 0 radical (unpaired) electrons. The average Bonchev–Trinajstić information content (AvgIpc) is 2.63. The van der Waals surface area contributed by atoms with Crippen LogP contribution < -0.4 is 9.64 Å². The number of hydrogen-bond donors (Lipinski definition) is 0. The maximum Gasteiger partial charge on any atom is 0.227 e. The number of carbonyl (C=O) groups is 1. The highest BCUT2D eigenvalue weighted by Crippen LogP contribution is 2.29. The summed E-state index contributed by atoms with van der Waals surface area (Å²) in [6.07, 6.45) is 0.408. The number of ether oxygens (including phenoxy) is 1. The normalized spacial score (nSPS) is 14.5. The first kappa shape index (κ1) is 17.9. The Bertz CT molecular complexity index is 742. The van der Waals surface area contributed by atoms with Crippen LogP contribution in [0.2, 0.25) is 10.0 Å². The third kappa shape index (κ3) is 4.39. The predicted molar refractivity (Wildman–Crippen MR) is 102 cm³/mol. The van der Waals surface area contributed by atoms with E-state index < -0.39 is 0 Å². The van der Waals surface area contributed by atoms with Crippen molar-refractivity contribution in [2.75, 3.05) is 38.2 Å². The summed E-state index contributed by atoms with van der Waals surface area (Å²) in [5.74, 6) is 0.817. The van der Waals surface area contributed by atoms with Crippen molar-refractivity contribution in [2.45, 2.75) is 6.42 Å². The topological polar surface area (TPSA) is 32.8 Å². The molecule has 0 spiro atoms. The molecule has 132 valence electrons. The Morgan fingerprint density at radius 2 is 1.72 bits per heavy atom. The molecule has 2 aromatic rings. The predicted octanol–water partition coefficient (Wildman–Crippen LogP) is 3.89. The van der Waals surface area contributed by atoms with Gasteiger partial charge < -0.3 is 14.5 Å². The summed E-state index contributed by atoms with van der Waals surface area (Å²) in [6.45, 7) is 2.98. The fraction of sp³-hybridized carbons (Fsp3) is 0.316. The Hall–Kier alpha value is -1.91. The largest absolute Gasteiger partial charge is 0.495 e. The Morgan fingerprint density at radius 3 is 2.32 bits per heavy atom. The van der Waals surface area contributed by atoms with Crippen molar-refractivity contribution < 1.29 is 9.53 Å². The molecule has 0 saturated carbocycles. The molecular formula is C19H20Cl2N2O2. The van der Waals surface area contributed by atoms with Gasteiger partial charge in [0.15, 0.2) is 0 Å². The minimum absolute atomic E-state index is 0.148. The minimum atomic E-state index is 0.148. The second kappa shape index (κ2) is 7.98. The van der Waals surface area contributed by atoms with Crippen LogP contribution >= 0.6 is 23.2 Å². The van der Waals surface area contributed by atoms with Crippen LogP contribution in [0.25, 0.3) is 0 Å². The van der Waals surface area contributed by atoms with Gasteiger partial charge in [0.05, 0.1) is 18.6 Å². The fourth-order valence-corrected chi connectivity index (χ4v) is 3.33. The van der Waals surface area contributed by atoms with E-state index in [9.17, 15) is 4.79 Å². The summed E-state index contributed by atoms with van der Waals surface area (Å²) >= 11 is 12.1. The Labute approximate surface area is 157 Å². The zero-order valence-electron chi connectivity index (χ0n) is 14.0. The molecule has 1 fully saturated rings. The smallest absolute Gasteiger partial charge is 0.227 e. The van der Waals surface area contributed by atoms with Gasteiger partial charge in [-0.1, -0.05) is 35.3 Å². The molecule has 1 aliphatic heterocycles. The molecule has 1 heterocycles. The first-order valence-corrected chi connectivity index (χ1v) is 8.93. The summed E-state index contributed by atoms with van der Waals surface area (Å²) < 4.78 is 5.19. The van der Waals surface area contributed by atoms with E-state index in [1.165, 1.54) is 0 Å². The first-order chi connectivity index (χ1) is 12.1. The summed E-state index contributed by atoms with van der Waals surface area (Å²) in [7, 11) is 1.60. The third-order valence-electron chi connectivity index (χ3n) is 4.40. The highest BCUT2D eigenvalue weighted by Gasteiger charge is 2.21. The van der Waals surface area contributed by atoms with Crippen molar-refractivity contribution >= 4 is 34.8 Å². The molecule has 0 unspecified atom stereocenters. The second-order valence-corrected chi connectivity index (χ2v) is 6.83. The van der Waals surface area contributed by atoms with Crippen LogP contribution in [-0.2, 0) is 11.2 Å². The van der Waals surface area contributed by atoms with Gasteiger partial charge in [0, 0.05) is 36.9 Å². The zero-order chi connectivity index (χ0) is 17.8. The Morgan fingerprint density at radius 1 is 1.04 bits per heavy atom. The number of rotatable bonds is 4. The number of nitrogens with zero attached hydrogens (tertiary/aromatic N) is 2. The first-order valence-electron chi connectivity index (χ1n) is 8.17. The number of amides is 1. The summed E-state index contributed by atoms with van der Waals surface area (Å²) in [5.41, 5.74) is 2.04. The van der Waals surface area contributed by atoms with Gasteiger partial charge in [-0.15, -0.1) is 0 Å². The van der Waals surface area contributed by atoms with Gasteiger partial charge in [-0.3, -0.25) is 4.79 Å². The zero-order valence-corrected chi connectivity index (χ0v) is 15.6. The third-order valence-corrected chi connectivity index (χ3v) is 4.95. The van der Waals surface area contributed by atoms with E-state index >= 15 is 0 Å². The van der Waals surface area contributed by atoms with Crippen LogP contribution in [-0.4, -0.2) is 44.1 Å². The molecule has 6 heteroatoms. The molecule has 2 aromatic carbocycles. The molecule has 25 heavy (non-hydrogen) atoms. The molecule has 0 aromatic heterocycles. The van der Waals surface area contributed by atoms with E-state index in [0.29, 0.717) is 35.3 Å². The van der Waals surface area contributed by atoms with Crippen LogP contribution in [0.15, 0.2) is 42.5 Å². The molecule has 4 nitrogen and oxygen atoms in total. The van der Waals surface area contributed by atoms with Gasteiger partial charge in [0.1, 0.15) is 5.75 Å². The van der Waals surface area contributed by atoms with E-state index in [1.807, 2.05) is 47.4 Å². The highest BCUT2D eigenvalue weighted by molar-refractivity contribution is 6.32. The van der Waals surface area contributed by atoms with Crippen LogP contribution in [0.1, 0.15) is 5.56 Å². The van der Waals surface area contributed by atoms with Crippen molar-refractivity contribution in [3.63, 3.8) is 0 Å². The quantitative estimate of drug-likeness (QED) is 0.808. The molecule has 0 atom stereocenters. The highest BCUT2D eigenvalue weighted by atomic mass is 35.5. The van der Waals surface area contributed by atoms with Crippen LogP contribution in [0.4, 0.5) is 5.69 Å². The lowest BCUT2D eigenvalue weighted by atomic mass is 10.1. The van der Waals surface area contributed by atoms with Crippen molar-refractivity contribution in [3.8, 4) is 5.75 Å². The standard InChI is InChI=1S/C19H20Cl2N2O2/c1-25-18-7-6-16(13-17(18)21)22-8-10-23(11-9-22)19(24)12-14-2-4-15(20)5-3-14/h2-7,13H,8-12H2,1H3. The lowest BCUT2D eigenvalue weighted by Crippen LogP contribution is -2.49. The van der Waals surface area contributed by atoms with E-state index in [2.05, 4.69) is 4.90 Å².